The molecule has 2 rings (SSSR count). The van der Waals surface area contributed by atoms with Crippen molar-refractivity contribution < 1.29 is 23.0 Å². The van der Waals surface area contributed by atoms with Crippen molar-refractivity contribution in [2.45, 2.75) is 38.9 Å². The molecule has 4 nitrogen and oxygen atoms in total. The van der Waals surface area contributed by atoms with E-state index >= 15 is 0 Å². The Morgan fingerprint density at radius 3 is 2.70 bits per heavy atom. The van der Waals surface area contributed by atoms with Crippen LogP contribution in [0.1, 0.15) is 31.2 Å². The van der Waals surface area contributed by atoms with E-state index in [9.17, 15) is 13.2 Å². The number of rotatable bonds is 8. The molecular weight excluding hydrogens is 309 g/mol. The van der Waals surface area contributed by atoms with E-state index in [1.165, 1.54) is 6.07 Å². The molecule has 0 aliphatic heterocycles. The minimum Gasteiger partial charge on any atom is -0.396 e. The molecule has 0 fully saturated rings. The van der Waals surface area contributed by atoms with Crippen LogP contribution in [0.25, 0.3) is 11.0 Å². The van der Waals surface area contributed by atoms with Gasteiger partial charge in [0.25, 0.3) is 0 Å². The second-order valence-corrected chi connectivity index (χ2v) is 5.26. The van der Waals surface area contributed by atoms with Gasteiger partial charge in [0.15, 0.2) is 0 Å². The topological polar surface area (TPSA) is 47.3 Å². The number of imidazole rings is 1. The van der Waals surface area contributed by atoms with Crippen LogP contribution in [0.15, 0.2) is 18.2 Å². The maximum atomic E-state index is 12.8. The summed E-state index contributed by atoms with van der Waals surface area (Å²) in [4.78, 5) is 4.33. The molecule has 0 saturated heterocycles. The summed E-state index contributed by atoms with van der Waals surface area (Å²) in [7, 11) is 0. The average molecular weight is 330 g/mol. The lowest BCUT2D eigenvalue weighted by atomic mass is 10.2. The molecule has 1 aromatic carbocycles. The van der Waals surface area contributed by atoms with Gasteiger partial charge in [-0.1, -0.05) is 0 Å². The Hall–Kier alpha value is -1.60. The van der Waals surface area contributed by atoms with Crippen molar-refractivity contribution in [2.75, 3.05) is 19.8 Å². The van der Waals surface area contributed by atoms with Crippen LogP contribution in [-0.2, 0) is 23.9 Å². The van der Waals surface area contributed by atoms with Gasteiger partial charge in [0.1, 0.15) is 5.82 Å². The number of nitrogens with zero attached hydrogens (tertiary/aromatic N) is 2. The van der Waals surface area contributed by atoms with Crippen molar-refractivity contribution in [1.82, 2.24) is 9.55 Å². The summed E-state index contributed by atoms with van der Waals surface area (Å²) in [6, 6.07) is 3.63. The van der Waals surface area contributed by atoms with E-state index in [1.54, 1.807) is 0 Å². The predicted octanol–water partition coefficient (Wildman–Crippen LogP) is 3.41. The monoisotopic (exact) mass is 330 g/mol. The molecular formula is C16H21F3N2O2. The van der Waals surface area contributed by atoms with E-state index in [2.05, 4.69) is 4.98 Å². The van der Waals surface area contributed by atoms with Crippen molar-refractivity contribution in [1.29, 1.82) is 0 Å². The molecule has 0 bridgehead atoms. The fraction of sp³-hybridized carbons (Fsp3) is 0.562. The number of aromatic nitrogens is 2. The Morgan fingerprint density at radius 2 is 2.04 bits per heavy atom. The van der Waals surface area contributed by atoms with Crippen molar-refractivity contribution in [2.24, 2.45) is 0 Å². The van der Waals surface area contributed by atoms with Crippen LogP contribution in [0.2, 0.25) is 0 Å². The van der Waals surface area contributed by atoms with Crippen molar-refractivity contribution in [3.63, 3.8) is 0 Å². The predicted molar refractivity (Wildman–Crippen MR) is 81.3 cm³/mol. The largest absolute Gasteiger partial charge is 0.416 e. The highest BCUT2D eigenvalue weighted by Crippen LogP contribution is 2.31. The molecule has 23 heavy (non-hydrogen) atoms. The van der Waals surface area contributed by atoms with E-state index in [0.717, 1.165) is 18.6 Å². The van der Waals surface area contributed by atoms with E-state index < -0.39 is 11.7 Å². The van der Waals surface area contributed by atoms with Crippen molar-refractivity contribution in [3.05, 3.63) is 29.6 Å². The standard InChI is InChI=1S/C16H21F3N2O2/c1-2-23-10-4-8-21-14-7-6-12(16(17,18)19)11-13(14)20-15(21)5-3-9-22/h6-7,11,22H,2-5,8-10H2,1H3. The third-order valence-electron chi connectivity index (χ3n) is 3.59. The first-order valence-corrected chi connectivity index (χ1v) is 7.72. The Kier molecular flexibility index (Phi) is 6.01. The molecule has 0 atom stereocenters. The molecule has 128 valence electrons. The summed E-state index contributed by atoms with van der Waals surface area (Å²) in [6.45, 7) is 3.80. The molecule has 0 saturated carbocycles. The van der Waals surface area contributed by atoms with Crippen LogP contribution in [0, 0.1) is 0 Å². The second-order valence-electron chi connectivity index (χ2n) is 5.26. The van der Waals surface area contributed by atoms with E-state index in [4.69, 9.17) is 9.84 Å². The summed E-state index contributed by atoms with van der Waals surface area (Å²) in [5, 5.41) is 8.98. The van der Waals surface area contributed by atoms with Gasteiger partial charge in [-0.2, -0.15) is 13.2 Å². The number of ether oxygens (including phenoxy) is 1. The Labute approximate surface area is 132 Å². The maximum Gasteiger partial charge on any atom is 0.416 e. The first-order valence-electron chi connectivity index (χ1n) is 7.72. The molecule has 0 aliphatic rings. The molecule has 1 aromatic heterocycles. The SMILES string of the molecule is CCOCCCn1c(CCCO)nc2cc(C(F)(F)F)ccc21. The Morgan fingerprint density at radius 1 is 1.26 bits per heavy atom. The lowest BCUT2D eigenvalue weighted by molar-refractivity contribution is -0.137. The molecule has 1 heterocycles. The lowest BCUT2D eigenvalue weighted by Crippen LogP contribution is -2.08. The number of aliphatic hydroxyl groups excluding tert-OH is 1. The highest BCUT2D eigenvalue weighted by Gasteiger charge is 2.31. The van der Waals surface area contributed by atoms with Gasteiger partial charge < -0.3 is 14.4 Å². The van der Waals surface area contributed by atoms with Gasteiger partial charge >= 0.3 is 6.18 Å². The van der Waals surface area contributed by atoms with Gasteiger partial charge in [-0.25, -0.2) is 4.98 Å². The minimum atomic E-state index is -4.38. The normalized spacial score (nSPS) is 12.2. The molecule has 7 heteroatoms. The fourth-order valence-electron chi connectivity index (χ4n) is 2.50. The fourth-order valence-corrected chi connectivity index (χ4v) is 2.50. The summed E-state index contributed by atoms with van der Waals surface area (Å²) < 4.78 is 45.7. The zero-order valence-electron chi connectivity index (χ0n) is 13.1. The number of fused-ring (bicyclic) bond motifs is 1. The number of hydrogen-bond donors (Lipinski definition) is 1. The first-order chi connectivity index (χ1) is 11.0. The molecule has 0 radical (unpaired) electrons. The number of hydrogen-bond acceptors (Lipinski definition) is 3. The highest BCUT2D eigenvalue weighted by molar-refractivity contribution is 5.77. The summed E-state index contributed by atoms with van der Waals surface area (Å²) in [5.74, 6) is 0.699. The van der Waals surface area contributed by atoms with Crippen molar-refractivity contribution >= 4 is 11.0 Å². The van der Waals surface area contributed by atoms with Crippen molar-refractivity contribution in [3.8, 4) is 0 Å². The van der Waals surface area contributed by atoms with Crippen LogP contribution < -0.4 is 0 Å². The average Bonchev–Trinajstić information content (AvgIpc) is 2.85. The summed E-state index contributed by atoms with van der Waals surface area (Å²) in [6.07, 6.45) is -2.56. The van der Waals surface area contributed by atoms with Gasteiger partial charge in [0, 0.05) is 32.8 Å². The first kappa shape index (κ1) is 17.7. The zero-order chi connectivity index (χ0) is 16.9. The molecule has 0 unspecified atom stereocenters. The number of alkyl halides is 3. The van der Waals surface area contributed by atoms with Crippen LogP contribution in [0.4, 0.5) is 13.2 Å². The quantitative estimate of drug-likeness (QED) is 0.755. The van der Waals surface area contributed by atoms with Crippen LogP contribution in [0.3, 0.4) is 0 Å². The third-order valence-corrected chi connectivity index (χ3v) is 3.59. The molecule has 1 N–H and O–H groups in total. The van der Waals surface area contributed by atoms with Crippen LogP contribution in [-0.4, -0.2) is 34.5 Å². The van der Waals surface area contributed by atoms with Gasteiger partial charge in [-0.05, 0) is 38.0 Å². The Balaban J connectivity index is 2.32. The smallest absolute Gasteiger partial charge is 0.396 e. The van der Waals surface area contributed by atoms with Gasteiger partial charge in [0.2, 0.25) is 0 Å². The lowest BCUT2D eigenvalue weighted by Gasteiger charge is -2.10. The van der Waals surface area contributed by atoms with Gasteiger partial charge in [-0.15, -0.1) is 0 Å². The van der Waals surface area contributed by atoms with E-state index in [-0.39, 0.29) is 6.61 Å². The third kappa shape index (κ3) is 4.45. The number of benzene rings is 1. The number of aliphatic hydroxyl groups is 1. The zero-order valence-corrected chi connectivity index (χ0v) is 13.1. The number of aryl methyl sites for hydroxylation is 2. The minimum absolute atomic E-state index is 0.0238. The molecule has 0 amide bonds. The van der Waals surface area contributed by atoms with E-state index in [1.807, 2.05) is 11.5 Å². The maximum absolute atomic E-state index is 12.8. The molecule has 2 aromatic rings. The Bertz CT molecular complexity index is 638. The highest BCUT2D eigenvalue weighted by atomic mass is 19.4. The van der Waals surface area contributed by atoms with E-state index in [0.29, 0.717) is 49.5 Å². The van der Waals surface area contributed by atoms with Crippen LogP contribution in [0.5, 0.6) is 0 Å². The summed E-state index contributed by atoms with van der Waals surface area (Å²) in [5.41, 5.74) is 0.323. The van der Waals surface area contributed by atoms with Gasteiger partial charge in [0.05, 0.1) is 16.6 Å². The van der Waals surface area contributed by atoms with Crippen LogP contribution >= 0.6 is 0 Å². The number of halogens is 3. The van der Waals surface area contributed by atoms with Gasteiger partial charge in [-0.3, -0.25) is 0 Å². The molecule has 0 spiro atoms. The summed E-state index contributed by atoms with van der Waals surface area (Å²) >= 11 is 0. The molecule has 0 aliphatic carbocycles. The second kappa shape index (κ2) is 7.79.